The number of nitrogens with two attached hydrogens (primary N) is 1. The fraction of sp³-hybridized carbons (Fsp3) is 0.455. The van der Waals surface area contributed by atoms with Crippen molar-refractivity contribution in [3.63, 3.8) is 0 Å². The predicted molar refractivity (Wildman–Crippen MR) is 115 cm³/mol. The van der Waals surface area contributed by atoms with Crippen molar-refractivity contribution in [2.45, 2.75) is 37.4 Å². The second-order valence-electron chi connectivity index (χ2n) is 8.17. The molecular formula is C22H27Cl2N3O. The van der Waals surface area contributed by atoms with Gasteiger partial charge in [-0.1, -0.05) is 35.3 Å². The molecule has 2 aliphatic heterocycles. The summed E-state index contributed by atoms with van der Waals surface area (Å²) >= 11 is 12.1. The zero-order valence-electron chi connectivity index (χ0n) is 16.0. The molecule has 3 unspecified atom stereocenters. The monoisotopic (exact) mass is 419 g/mol. The Hall–Kier alpha value is -1.30. The molecule has 28 heavy (non-hydrogen) atoms. The minimum Gasteiger partial charge on any atom is -0.508 e. The fourth-order valence-corrected chi connectivity index (χ4v) is 5.12. The van der Waals surface area contributed by atoms with E-state index in [1.54, 1.807) is 6.07 Å². The highest BCUT2D eigenvalue weighted by Crippen LogP contribution is 2.38. The van der Waals surface area contributed by atoms with E-state index >= 15 is 0 Å². The second kappa shape index (κ2) is 8.21. The fourth-order valence-electron chi connectivity index (χ4n) is 4.80. The molecule has 2 aromatic rings. The molecule has 1 saturated heterocycles. The number of rotatable bonds is 4. The topological polar surface area (TPSA) is 61.5 Å². The number of hydrogen-bond acceptors (Lipinski definition) is 4. The second-order valence-corrected chi connectivity index (χ2v) is 8.99. The first kappa shape index (κ1) is 20.0. The molecule has 3 aliphatic rings. The lowest BCUT2D eigenvalue weighted by Gasteiger charge is -2.47. The summed E-state index contributed by atoms with van der Waals surface area (Å²) in [4.78, 5) is 2.45. The summed E-state index contributed by atoms with van der Waals surface area (Å²) in [6.07, 6.45) is 2.90. The Morgan fingerprint density at radius 2 is 2.00 bits per heavy atom. The van der Waals surface area contributed by atoms with E-state index in [9.17, 15) is 5.11 Å². The summed E-state index contributed by atoms with van der Waals surface area (Å²) in [5, 5.41) is 14.9. The maximum Gasteiger partial charge on any atom is 0.115 e. The van der Waals surface area contributed by atoms with Crippen LogP contribution in [-0.2, 0) is 12.8 Å². The van der Waals surface area contributed by atoms with Gasteiger partial charge in [-0.3, -0.25) is 0 Å². The number of piperidine rings is 1. The highest BCUT2D eigenvalue weighted by Gasteiger charge is 2.40. The van der Waals surface area contributed by atoms with Gasteiger partial charge < -0.3 is 21.1 Å². The Morgan fingerprint density at radius 3 is 2.79 bits per heavy atom. The van der Waals surface area contributed by atoms with Crippen molar-refractivity contribution >= 4 is 23.2 Å². The average Bonchev–Trinajstić information content (AvgIpc) is 2.66. The van der Waals surface area contributed by atoms with Gasteiger partial charge in [0.25, 0.3) is 0 Å². The van der Waals surface area contributed by atoms with Crippen LogP contribution in [0.5, 0.6) is 5.75 Å². The molecule has 0 spiro atoms. The smallest absolute Gasteiger partial charge is 0.115 e. The number of benzene rings is 2. The van der Waals surface area contributed by atoms with Gasteiger partial charge >= 0.3 is 0 Å². The zero-order valence-corrected chi connectivity index (χ0v) is 17.5. The number of nitrogens with zero attached hydrogens (tertiary/aromatic N) is 1. The van der Waals surface area contributed by atoms with Crippen LogP contribution in [0.3, 0.4) is 0 Å². The van der Waals surface area contributed by atoms with Gasteiger partial charge in [-0.05, 0) is 79.7 Å². The third-order valence-electron chi connectivity index (χ3n) is 6.34. The normalized spacial score (nSPS) is 27.3. The van der Waals surface area contributed by atoms with E-state index in [4.69, 9.17) is 28.9 Å². The van der Waals surface area contributed by atoms with Crippen LogP contribution in [0.1, 0.15) is 29.2 Å². The maximum absolute atomic E-state index is 9.91. The van der Waals surface area contributed by atoms with Gasteiger partial charge in [-0.25, -0.2) is 0 Å². The van der Waals surface area contributed by atoms with Gasteiger partial charge in [0.05, 0.1) is 10.0 Å². The molecule has 2 bridgehead atoms. The van der Waals surface area contributed by atoms with E-state index in [0.717, 1.165) is 37.9 Å². The Balaban J connectivity index is 1.48. The molecule has 1 aliphatic carbocycles. The van der Waals surface area contributed by atoms with Gasteiger partial charge in [0, 0.05) is 24.7 Å². The van der Waals surface area contributed by atoms with Crippen LogP contribution in [-0.4, -0.2) is 42.2 Å². The largest absolute Gasteiger partial charge is 0.508 e. The summed E-state index contributed by atoms with van der Waals surface area (Å²) in [6, 6.07) is 12.2. The van der Waals surface area contributed by atoms with Gasteiger partial charge in [0.2, 0.25) is 0 Å². The molecule has 6 heteroatoms. The van der Waals surface area contributed by atoms with Crippen LogP contribution in [0.4, 0.5) is 0 Å². The van der Waals surface area contributed by atoms with E-state index in [-0.39, 0.29) is 6.04 Å². The van der Waals surface area contributed by atoms with E-state index in [0.29, 0.717) is 33.8 Å². The Kier molecular flexibility index (Phi) is 5.86. The van der Waals surface area contributed by atoms with Crippen LogP contribution < -0.4 is 11.1 Å². The average molecular weight is 420 g/mol. The SMILES string of the molecule is CN1CC2CC(NCCc3ccc(Cl)c(Cl)c3)[C@H]1Cc1ccc(O)cc1C2N. The number of phenolic OH excluding ortho intramolecular Hbond substituents is 1. The minimum absolute atomic E-state index is 0.0508. The minimum atomic E-state index is -0.0508. The molecule has 5 rings (SSSR count). The molecule has 4 N–H and O–H groups in total. The summed E-state index contributed by atoms with van der Waals surface area (Å²) in [6.45, 7) is 1.88. The summed E-state index contributed by atoms with van der Waals surface area (Å²) in [7, 11) is 2.20. The van der Waals surface area contributed by atoms with Gasteiger partial charge in [0.1, 0.15) is 5.75 Å². The number of hydrogen-bond donors (Lipinski definition) is 3. The molecule has 1 fully saturated rings. The summed E-state index contributed by atoms with van der Waals surface area (Å²) in [5.74, 6) is 0.667. The molecular weight excluding hydrogens is 393 g/mol. The van der Waals surface area contributed by atoms with Crippen molar-refractivity contribution in [1.29, 1.82) is 0 Å². The Labute approximate surface area is 176 Å². The van der Waals surface area contributed by atoms with Crippen molar-refractivity contribution in [3.05, 3.63) is 63.1 Å². The number of halogens is 2. The molecule has 2 aromatic carbocycles. The molecule has 150 valence electrons. The lowest BCUT2D eigenvalue weighted by atomic mass is 9.75. The standard InChI is InChI=1S/C22H27Cl2N3O/c1-27-12-15-9-20(26-7-6-13-2-5-18(23)19(24)8-13)21(27)10-14-3-4-16(28)11-17(14)22(15)25/h2-5,8,11,15,20-22,26,28H,6-7,9-10,12,25H2,1H3/t15?,20?,21-,22?/m1/s1. The number of nitrogens with one attached hydrogen (secondary N) is 1. The van der Waals surface area contributed by atoms with Crippen molar-refractivity contribution in [3.8, 4) is 5.75 Å². The molecule has 2 heterocycles. The van der Waals surface area contributed by atoms with Crippen molar-refractivity contribution in [1.82, 2.24) is 10.2 Å². The van der Waals surface area contributed by atoms with Crippen LogP contribution in [0, 0.1) is 5.92 Å². The molecule has 0 aromatic heterocycles. The molecule has 0 amide bonds. The summed E-state index contributed by atoms with van der Waals surface area (Å²) < 4.78 is 0. The van der Waals surface area contributed by atoms with Crippen LogP contribution in [0.2, 0.25) is 10.0 Å². The maximum atomic E-state index is 9.91. The zero-order chi connectivity index (χ0) is 19.8. The van der Waals surface area contributed by atoms with Gasteiger partial charge in [0.15, 0.2) is 0 Å². The first-order valence-electron chi connectivity index (χ1n) is 9.87. The van der Waals surface area contributed by atoms with E-state index in [1.165, 1.54) is 11.1 Å². The quantitative estimate of drug-likeness (QED) is 0.705. The highest BCUT2D eigenvalue weighted by molar-refractivity contribution is 6.42. The Morgan fingerprint density at radius 1 is 1.18 bits per heavy atom. The van der Waals surface area contributed by atoms with Crippen LogP contribution in [0.25, 0.3) is 0 Å². The third-order valence-corrected chi connectivity index (χ3v) is 7.08. The molecule has 4 atom stereocenters. The number of phenols is 1. The lowest BCUT2D eigenvalue weighted by molar-refractivity contribution is 0.0805. The van der Waals surface area contributed by atoms with E-state index in [1.807, 2.05) is 30.3 Å². The summed E-state index contributed by atoms with van der Waals surface area (Å²) in [5.41, 5.74) is 10.2. The van der Waals surface area contributed by atoms with Crippen LogP contribution in [0.15, 0.2) is 36.4 Å². The Bertz CT molecular complexity index is 860. The third kappa shape index (κ3) is 4.03. The number of fused-ring (bicyclic) bond motifs is 2. The first-order chi connectivity index (χ1) is 13.4. The molecule has 0 saturated carbocycles. The number of likely N-dealkylation sites (N-methyl/N-ethyl adjacent to an activating group) is 1. The van der Waals surface area contributed by atoms with Gasteiger partial charge in [-0.15, -0.1) is 0 Å². The van der Waals surface area contributed by atoms with E-state index < -0.39 is 0 Å². The predicted octanol–water partition coefficient (Wildman–Crippen LogP) is 3.78. The first-order valence-corrected chi connectivity index (χ1v) is 10.6. The molecule has 0 radical (unpaired) electrons. The van der Waals surface area contributed by atoms with Crippen molar-refractivity contribution in [2.24, 2.45) is 11.7 Å². The van der Waals surface area contributed by atoms with Crippen LogP contribution >= 0.6 is 23.2 Å². The lowest BCUT2D eigenvalue weighted by Crippen LogP contribution is -2.59. The van der Waals surface area contributed by atoms with Gasteiger partial charge in [-0.2, -0.15) is 0 Å². The number of aromatic hydroxyl groups is 1. The highest BCUT2D eigenvalue weighted by atomic mass is 35.5. The van der Waals surface area contributed by atoms with Crippen molar-refractivity contribution in [2.75, 3.05) is 20.1 Å². The van der Waals surface area contributed by atoms with Crippen molar-refractivity contribution < 1.29 is 5.11 Å². The van der Waals surface area contributed by atoms with E-state index in [2.05, 4.69) is 17.3 Å². The molecule has 4 nitrogen and oxygen atoms in total.